The van der Waals surface area contributed by atoms with Crippen molar-refractivity contribution in [3.63, 3.8) is 0 Å². The van der Waals surface area contributed by atoms with Crippen molar-refractivity contribution < 1.29 is 52.8 Å². The molecule has 5 rings (SSSR count). The molecule has 17 heteroatoms. The number of halogens is 5. The van der Waals surface area contributed by atoms with Crippen molar-refractivity contribution in [2.45, 2.75) is 55.7 Å². The zero-order chi connectivity index (χ0) is 41.4. The predicted molar refractivity (Wildman–Crippen MR) is 204 cm³/mol. The molecule has 0 saturated carbocycles. The van der Waals surface area contributed by atoms with Gasteiger partial charge >= 0.3 is 24.1 Å². The van der Waals surface area contributed by atoms with Crippen LogP contribution in [0.1, 0.15) is 75.9 Å². The SMILES string of the molecule is CN(C[C@@H](CCN1CCC(c2ccsc2C(F)(F)F)CC1)c1ccc(Cl)c(Cl)c1)C(=O)c1cc(C#N)cc2ccccc12.O=C(O)CC(O)(CC(=O)O)C(=O)O. The number of rotatable bonds is 13. The standard InChI is InChI=1S/C33H30Cl2F3N3OS.C6H8O7/c1-40(32(42)28-17-21(19-39)16-24-4-2-3-5-26(24)28)20-25(23-6-7-29(34)30(35)18-23)10-14-41-12-8-22(9-13-41)27-11-15-43-31(27)33(36,37)38;7-3(8)1-6(13,5(11)12)2-4(9)10/h2-7,11,15-18,22,25H,8-10,12-14,20H2,1H3;13H,1-2H2,(H,7,8)(H,9,10)(H,11,12)/t25-;/m1./s1. The van der Waals surface area contributed by atoms with Gasteiger partial charge in [-0.1, -0.05) is 53.5 Å². The lowest BCUT2D eigenvalue weighted by Crippen LogP contribution is -2.42. The Morgan fingerprint density at radius 2 is 1.61 bits per heavy atom. The zero-order valence-corrected chi connectivity index (χ0v) is 32.3. The molecule has 1 aliphatic heterocycles. The largest absolute Gasteiger partial charge is 0.481 e. The number of carboxylic acid groups (broad SMARTS) is 3. The maximum absolute atomic E-state index is 13.7. The predicted octanol–water partition coefficient (Wildman–Crippen LogP) is 7.98. The third-order valence-electron chi connectivity index (χ3n) is 9.54. The Kier molecular flexibility index (Phi) is 14.9. The Balaban J connectivity index is 0.000000460. The first-order valence-electron chi connectivity index (χ1n) is 17.2. The van der Waals surface area contributed by atoms with Gasteiger partial charge in [0.1, 0.15) is 4.88 Å². The number of fused-ring (bicyclic) bond motifs is 1. The van der Waals surface area contributed by atoms with E-state index in [1.54, 1.807) is 36.2 Å². The Morgan fingerprint density at radius 3 is 2.18 bits per heavy atom. The number of carbonyl (C=O) groups excluding carboxylic acids is 1. The van der Waals surface area contributed by atoms with Crippen molar-refractivity contribution in [1.29, 1.82) is 5.26 Å². The van der Waals surface area contributed by atoms with E-state index >= 15 is 0 Å². The summed E-state index contributed by atoms with van der Waals surface area (Å²) in [5.74, 6) is -5.38. The molecule has 2 heterocycles. The second-order valence-corrected chi connectivity index (χ2v) is 15.2. The number of likely N-dealkylation sites (tertiary alicyclic amines) is 1. The molecule has 1 aromatic heterocycles. The molecule has 1 atom stereocenters. The molecule has 4 aromatic rings. The summed E-state index contributed by atoms with van der Waals surface area (Å²) in [6.45, 7) is 2.53. The lowest BCUT2D eigenvalue weighted by Gasteiger charge is -2.34. The van der Waals surface area contributed by atoms with Crippen molar-refractivity contribution in [2.75, 3.05) is 33.2 Å². The van der Waals surface area contributed by atoms with Gasteiger partial charge < -0.3 is 30.2 Å². The Labute approximate surface area is 334 Å². The summed E-state index contributed by atoms with van der Waals surface area (Å²) in [6, 6.07) is 20.2. The van der Waals surface area contributed by atoms with Gasteiger partial charge in [-0.25, -0.2) is 4.79 Å². The summed E-state index contributed by atoms with van der Waals surface area (Å²) in [7, 11) is 1.76. The van der Waals surface area contributed by atoms with Crippen LogP contribution in [0.5, 0.6) is 0 Å². The van der Waals surface area contributed by atoms with E-state index in [1.165, 1.54) is 5.38 Å². The first-order valence-corrected chi connectivity index (χ1v) is 18.9. The Hall–Kier alpha value is -4.72. The zero-order valence-electron chi connectivity index (χ0n) is 29.9. The number of hydrogen-bond donors (Lipinski definition) is 4. The van der Waals surface area contributed by atoms with Gasteiger partial charge in [0, 0.05) is 25.1 Å². The van der Waals surface area contributed by atoms with Gasteiger partial charge in [0.15, 0.2) is 5.60 Å². The van der Waals surface area contributed by atoms with E-state index in [9.17, 15) is 37.6 Å². The first kappa shape index (κ1) is 44.0. The molecule has 0 radical (unpaired) electrons. The highest BCUT2D eigenvalue weighted by molar-refractivity contribution is 7.10. The summed E-state index contributed by atoms with van der Waals surface area (Å²) in [6.07, 6.45) is -4.57. The second kappa shape index (κ2) is 18.9. The molecular formula is C39H38Cl2F3N3O8S. The van der Waals surface area contributed by atoms with Crippen LogP contribution in [0.2, 0.25) is 10.0 Å². The second-order valence-electron chi connectivity index (χ2n) is 13.5. The minimum atomic E-state index is -4.32. The number of benzene rings is 3. The number of aliphatic carboxylic acids is 3. The number of aliphatic hydroxyl groups is 1. The molecule has 11 nitrogen and oxygen atoms in total. The highest BCUT2D eigenvalue weighted by Gasteiger charge is 2.41. The number of alkyl halides is 3. The number of carbonyl (C=O) groups is 4. The normalized spacial score (nSPS) is 14.3. The fourth-order valence-corrected chi connectivity index (χ4v) is 7.85. The fraction of sp³-hybridized carbons (Fsp3) is 0.359. The van der Waals surface area contributed by atoms with Crippen LogP contribution in [0.4, 0.5) is 13.2 Å². The molecule has 1 amide bonds. The topological polar surface area (TPSA) is 179 Å². The molecule has 0 bridgehead atoms. The number of thiophene rings is 1. The van der Waals surface area contributed by atoms with Crippen LogP contribution < -0.4 is 0 Å². The van der Waals surface area contributed by atoms with Crippen LogP contribution >= 0.6 is 34.5 Å². The van der Waals surface area contributed by atoms with E-state index in [4.69, 9.17) is 43.6 Å². The van der Waals surface area contributed by atoms with Crippen molar-refractivity contribution >= 4 is 69.1 Å². The smallest absolute Gasteiger partial charge is 0.425 e. The molecule has 1 fully saturated rings. The van der Waals surface area contributed by atoms with Crippen LogP contribution in [-0.2, 0) is 20.6 Å². The van der Waals surface area contributed by atoms with E-state index in [1.807, 2.05) is 36.4 Å². The van der Waals surface area contributed by atoms with E-state index in [2.05, 4.69) is 11.0 Å². The van der Waals surface area contributed by atoms with E-state index in [0.29, 0.717) is 65.6 Å². The van der Waals surface area contributed by atoms with Crippen molar-refractivity contribution in [1.82, 2.24) is 9.80 Å². The molecule has 0 spiro atoms. The summed E-state index contributed by atoms with van der Waals surface area (Å²) in [4.78, 5) is 47.7. The summed E-state index contributed by atoms with van der Waals surface area (Å²) in [5.41, 5.74) is -0.479. The molecule has 0 aliphatic carbocycles. The number of nitrogens with zero attached hydrogens (tertiary/aromatic N) is 3. The number of amides is 1. The maximum Gasteiger partial charge on any atom is 0.425 e. The molecule has 1 saturated heterocycles. The molecule has 0 unspecified atom stereocenters. The lowest BCUT2D eigenvalue weighted by molar-refractivity contribution is -0.170. The average Bonchev–Trinajstić information content (AvgIpc) is 3.65. The molecule has 56 heavy (non-hydrogen) atoms. The minimum absolute atomic E-state index is 0.0689. The van der Waals surface area contributed by atoms with Gasteiger partial charge in [-0.05, 0) is 102 Å². The van der Waals surface area contributed by atoms with Crippen molar-refractivity contribution in [3.05, 3.63) is 103 Å². The highest BCUT2D eigenvalue weighted by atomic mass is 35.5. The first-order chi connectivity index (χ1) is 26.3. The fourth-order valence-electron chi connectivity index (χ4n) is 6.69. The number of piperidine rings is 1. The lowest BCUT2D eigenvalue weighted by atomic mass is 9.89. The third kappa shape index (κ3) is 11.4. The summed E-state index contributed by atoms with van der Waals surface area (Å²) < 4.78 is 40.4. The van der Waals surface area contributed by atoms with E-state index < -0.39 is 47.4 Å². The van der Waals surface area contributed by atoms with Gasteiger partial charge in [0.25, 0.3) is 5.91 Å². The van der Waals surface area contributed by atoms with Gasteiger partial charge in [-0.15, -0.1) is 11.3 Å². The van der Waals surface area contributed by atoms with E-state index in [-0.39, 0.29) is 17.7 Å². The van der Waals surface area contributed by atoms with Crippen molar-refractivity contribution in [2.24, 2.45) is 0 Å². The number of hydrogen-bond acceptors (Lipinski definition) is 8. The Morgan fingerprint density at radius 1 is 0.964 bits per heavy atom. The number of nitriles is 1. The van der Waals surface area contributed by atoms with Crippen LogP contribution in [0.15, 0.2) is 66.0 Å². The molecule has 298 valence electrons. The van der Waals surface area contributed by atoms with Gasteiger partial charge in [0.2, 0.25) is 0 Å². The molecule has 4 N–H and O–H groups in total. The molecule has 1 aliphatic rings. The van der Waals surface area contributed by atoms with Crippen molar-refractivity contribution in [3.8, 4) is 6.07 Å². The summed E-state index contributed by atoms with van der Waals surface area (Å²) >= 11 is 13.3. The molecule has 3 aromatic carbocycles. The van der Waals surface area contributed by atoms with Crippen LogP contribution in [0, 0.1) is 11.3 Å². The number of likely N-dealkylation sites (N-methyl/N-ethyl adjacent to an activating group) is 1. The summed E-state index contributed by atoms with van der Waals surface area (Å²) in [5, 5.41) is 47.4. The quantitative estimate of drug-likeness (QED) is 0.103. The van der Waals surface area contributed by atoms with E-state index in [0.717, 1.165) is 34.2 Å². The van der Waals surface area contributed by atoms with Crippen LogP contribution in [0.3, 0.4) is 0 Å². The highest BCUT2D eigenvalue weighted by Crippen LogP contribution is 2.42. The van der Waals surface area contributed by atoms with Crippen LogP contribution in [-0.4, -0.2) is 92.9 Å². The van der Waals surface area contributed by atoms with Gasteiger partial charge in [0.05, 0.1) is 34.5 Å². The monoisotopic (exact) mass is 835 g/mol. The third-order valence-corrected chi connectivity index (χ3v) is 11.3. The van der Waals surface area contributed by atoms with Gasteiger partial charge in [-0.3, -0.25) is 14.4 Å². The minimum Gasteiger partial charge on any atom is -0.481 e. The maximum atomic E-state index is 13.7. The number of carboxylic acids is 3. The Bertz CT molecular complexity index is 2100. The average molecular weight is 837 g/mol. The van der Waals surface area contributed by atoms with Crippen LogP contribution in [0.25, 0.3) is 10.8 Å². The van der Waals surface area contributed by atoms with Gasteiger partial charge in [-0.2, -0.15) is 18.4 Å². The molecular weight excluding hydrogens is 798 g/mol.